The number of anilines is 1. The Hall–Kier alpha value is -1.55. The van der Waals surface area contributed by atoms with Crippen LogP contribution in [-0.4, -0.2) is 31.7 Å². The second-order valence-corrected chi connectivity index (χ2v) is 5.34. The van der Waals surface area contributed by atoms with Crippen LogP contribution >= 0.6 is 0 Å². The lowest BCUT2D eigenvalue weighted by atomic mass is 10.0. The van der Waals surface area contributed by atoms with E-state index in [0.29, 0.717) is 13.2 Å². The maximum absolute atomic E-state index is 11.8. The molecule has 0 amide bonds. The van der Waals surface area contributed by atoms with Crippen molar-refractivity contribution < 1.29 is 9.53 Å². The number of carbonyl (C=O) groups is 1. The van der Waals surface area contributed by atoms with Crippen LogP contribution < -0.4 is 10.6 Å². The Morgan fingerprint density at radius 1 is 1.32 bits per heavy atom. The van der Waals surface area contributed by atoms with Gasteiger partial charge in [0.1, 0.15) is 5.54 Å². The van der Waals surface area contributed by atoms with Gasteiger partial charge < -0.3 is 15.4 Å². The number of likely N-dealkylation sites (N-methyl/N-ethyl adjacent to an activating group) is 1. The normalized spacial score (nSPS) is 13.8. The van der Waals surface area contributed by atoms with E-state index in [9.17, 15) is 4.79 Å². The molecule has 106 valence electrons. The van der Waals surface area contributed by atoms with Crippen LogP contribution in [0.2, 0.25) is 0 Å². The summed E-state index contributed by atoms with van der Waals surface area (Å²) in [5.41, 5.74) is 8.47. The Kier molecular flexibility index (Phi) is 4.95. The van der Waals surface area contributed by atoms with E-state index in [4.69, 9.17) is 10.5 Å². The smallest absolute Gasteiger partial charge is 0.327 e. The number of hydrogen-bond acceptors (Lipinski definition) is 4. The first kappa shape index (κ1) is 15.5. The van der Waals surface area contributed by atoms with Crippen molar-refractivity contribution in [2.45, 2.75) is 33.2 Å². The van der Waals surface area contributed by atoms with E-state index in [2.05, 4.69) is 32.0 Å². The molecule has 1 aromatic rings. The molecule has 0 aliphatic carbocycles. The summed E-state index contributed by atoms with van der Waals surface area (Å²) in [5, 5.41) is 0. The number of nitrogens with two attached hydrogens (primary N) is 1. The minimum Gasteiger partial charge on any atom is -0.465 e. The van der Waals surface area contributed by atoms with Crippen LogP contribution in [0.4, 0.5) is 5.69 Å². The molecule has 2 N–H and O–H groups in total. The molecule has 0 saturated heterocycles. The van der Waals surface area contributed by atoms with Crippen molar-refractivity contribution in [3.63, 3.8) is 0 Å². The SMILES string of the molecule is CCOC(=O)C(C)(N)CN(C)c1cc(C)cc(C)c1. The van der Waals surface area contributed by atoms with Gasteiger partial charge in [0, 0.05) is 19.3 Å². The summed E-state index contributed by atoms with van der Waals surface area (Å²) >= 11 is 0. The number of benzene rings is 1. The van der Waals surface area contributed by atoms with Gasteiger partial charge in [-0.25, -0.2) is 4.79 Å². The number of esters is 1. The quantitative estimate of drug-likeness (QED) is 0.827. The van der Waals surface area contributed by atoms with Gasteiger partial charge in [0.2, 0.25) is 0 Å². The standard InChI is InChI=1S/C15H24N2O2/c1-6-19-14(18)15(4,16)10-17(5)13-8-11(2)7-12(3)9-13/h7-9H,6,10,16H2,1-5H3. The Morgan fingerprint density at radius 2 is 1.84 bits per heavy atom. The van der Waals surface area contributed by atoms with Crippen molar-refractivity contribution in [2.75, 3.05) is 25.1 Å². The molecule has 0 heterocycles. The molecule has 0 spiro atoms. The van der Waals surface area contributed by atoms with Crippen LogP contribution in [0.15, 0.2) is 18.2 Å². The van der Waals surface area contributed by atoms with E-state index >= 15 is 0 Å². The first-order valence-corrected chi connectivity index (χ1v) is 6.52. The zero-order chi connectivity index (χ0) is 14.6. The van der Waals surface area contributed by atoms with Crippen molar-refractivity contribution in [1.82, 2.24) is 0 Å². The van der Waals surface area contributed by atoms with E-state index in [1.807, 2.05) is 11.9 Å². The van der Waals surface area contributed by atoms with Gasteiger partial charge in [0.05, 0.1) is 6.61 Å². The number of hydrogen-bond donors (Lipinski definition) is 1. The zero-order valence-electron chi connectivity index (χ0n) is 12.5. The molecule has 1 atom stereocenters. The topological polar surface area (TPSA) is 55.6 Å². The maximum Gasteiger partial charge on any atom is 0.327 e. The summed E-state index contributed by atoms with van der Waals surface area (Å²) in [7, 11) is 1.93. The van der Waals surface area contributed by atoms with Crippen LogP contribution in [0.5, 0.6) is 0 Å². The third kappa shape index (κ3) is 4.24. The molecule has 19 heavy (non-hydrogen) atoms. The van der Waals surface area contributed by atoms with Gasteiger partial charge >= 0.3 is 5.97 Å². The fourth-order valence-corrected chi connectivity index (χ4v) is 2.12. The molecule has 1 unspecified atom stereocenters. The molecule has 4 heteroatoms. The van der Waals surface area contributed by atoms with Gasteiger partial charge in [0.25, 0.3) is 0 Å². The van der Waals surface area contributed by atoms with Gasteiger partial charge in [-0.05, 0) is 51.0 Å². The molecular formula is C15H24N2O2. The molecule has 0 aromatic heterocycles. The average Bonchev–Trinajstić information content (AvgIpc) is 2.27. The van der Waals surface area contributed by atoms with Crippen molar-refractivity contribution in [3.05, 3.63) is 29.3 Å². The molecule has 1 aromatic carbocycles. The number of carbonyl (C=O) groups excluding carboxylic acids is 1. The van der Waals surface area contributed by atoms with E-state index in [-0.39, 0.29) is 5.97 Å². The monoisotopic (exact) mass is 264 g/mol. The number of aryl methyl sites for hydroxylation is 2. The minimum atomic E-state index is -1.01. The van der Waals surface area contributed by atoms with Crippen LogP contribution in [0.25, 0.3) is 0 Å². The lowest BCUT2D eigenvalue weighted by Crippen LogP contribution is -2.54. The van der Waals surface area contributed by atoms with Crippen LogP contribution in [0.1, 0.15) is 25.0 Å². The molecule has 0 bridgehead atoms. The minimum absolute atomic E-state index is 0.346. The van der Waals surface area contributed by atoms with Gasteiger partial charge in [-0.15, -0.1) is 0 Å². The third-order valence-electron chi connectivity index (χ3n) is 2.95. The lowest BCUT2D eigenvalue weighted by Gasteiger charge is -2.30. The summed E-state index contributed by atoms with van der Waals surface area (Å²) in [6, 6.07) is 6.27. The van der Waals surface area contributed by atoms with Crippen molar-refractivity contribution in [3.8, 4) is 0 Å². The Labute approximate surface area is 115 Å². The highest BCUT2D eigenvalue weighted by Gasteiger charge is 2.31. The summed E-state index contributed by atoms with van der Waals surface area (Å²) in [6.07, 6.45) is 0. The number of ether oxygens (including phenoxy) is 1. The first-order valence-electron chi connectivity index (χ1n) is 6.52. The van der Waals surface area contributed by atoms with Crippen LogP contribution in [0, 0.1) is 13.8 Å². The van der Waals surface area contributed by atoms with Gasteiger partial charge in [-0.2, -0.15) is 0 Å². The largest absolute Gasteiger partial charge is 0.465 e. The number of nitrogens with zero attached hydrogens (tertiary/aromatic N) is 1. The number of rotatable bonds is 5. The van der Waals surface area contributed by atoms with Crippen LogP contribution in [0.3, 0.4) is 0 Å². The van der Waals surface area contributed by atoms with Gasteiger partial charge in [0.15, 0.2) is 0 Å². The summed E-state index contributed by atoms with van der Waals surface area (Å²) in [6.45, 7) is 8.34. The van der Waals surface area contributed by atoms with Gasteiger partial charge in [-0.1, -0.05) is 6.07 Å². The Morgan fingerprint density at radius 3 is 2.32 bits per heavy atom. The summed E-state index contributed by atoms with van der Waals surface area (Å²) in [5.74, 6) is -0.369. The van der Waals surface area contributed by atoms with Crippen molar-refractivity contribution in [2.24, 2.45) is 5.73 Å². The summed E-state index contributed by atoms with van der Waals surface area (Å²) in [4.78, 5) is 13.8. The predicted octanol–water partition coefficient (Wildman–Crippen LogP) is 2.02. The second kappa shape index (κ2) is 6.06. The van der Waals surface area contributed by atoms with E-state index in [0.717, 1.165) is 5.69 Å². The highest BCUT2D eigenvalue weighted by atomic mass is 16.5. The van der Waals surface area contributed by atoms with Gasteiger partial charge in [-0.3, -0.25) is 0 Å². The Bertz CT molecular complexity index is 435. The first-order chi connectivity index (χ1) is 8.76. The maximum atomic E-state index is 11.8. The van der Waals surface area contributed by atoms with Crippen molar-refractivity contribution >= 4 is 11.7 Å². The molecule has 4 nitrogen and oxygen atoms in total. The second-order valence-electron chi connectivity index (χ2n) is 5.34. The average molecular weight is 264 g/mol. The zero-order valence-corrected chi connectivity index (χ0v) is 12.5. The van der Waals surface area contributed by atoms with Crippen LogP contribution in [-0.2, 0) is 9.53 Å². The molecule has 0 aliphatic heterocycles. The molecule has 0 radical (unpaired) electrons. The van der Waals surface area contributed by atoms with Crippen molar-refractivity contribution in [1.29, 1.82) is 0 Å². The van der Waals surface area contributed by atoms with E-state index < -0.39 is 5.54 Å². The molecule has 1 rings (SSSR count). The fraction of sp³-hybridized carbons (Fsp3) is 0.533. The van der Waals surface area contributed by atoms with E-state index in [1.165, 1.54) is 11.1 Å². The van der Waals surface area contributed by atoms with E-state index in [1.54, 1.807) is 13.8 Å². The predicted molar refractivity (Wildman–Crippen MR) is 78.4 cm³/mol. The Balaban J connectivity index is 2.83. The molecule has 0 aliphatic rings. The summed E-state index contributed by atoms with van der Waals surface area (Å²) < 4.78 is 5.00. The molecule has 0 saturated carbocycles. The fourth-order valence-electron chi connectivity index (χ4n) is 2.12. The highest BCUT2D eigenvalue weighted by Crippen LogP contribution is 2.19. The molecule has 0 fully saturated rings. The highest BCUT2D eigenvalue weighted by molar-refractivity contribution is 5.81. The molecular weight excluding hydrogens is 240 g/mol. The lowest BCUT2D eigenvalue weighted by molar-refractivity contribution is -0.148. The third-order valence-corrected chi connectivity index (χ3v) is 2.95.